The molecule has 0 bridgehead atoms. The van der Waals surface area contributed by atoms with Crippen molar-refractivity contribution in [2.75, 3.05) is 5.32 Å². The average Bonchev–Trinajstić information content (AvgIpc) is 2.96. The fourth-order valence-electron chi connectivity index (χ4n) is 1.94. The zero-order chi connectivity index (χ0) is 15.3. The quantitative estimate of drug-likeness (QED) is 0.887. The molecule has 1 aromatic heterocycles. The predicted molar refractivity (Wildman–Crippen MR) is 80.5 cm³/mol. The molecule has 21 heavy (non-hydrogen) atoms. The van der Waals surface area contributed by atoms with Crippen LogP contribution < -0.4 is 10.1 Å². The van der Waals surface area contributed by atoms with Gasteiger partial charge in [-0.25, -0.2) is 4.79 Å². The highest BCUT2D eigenvalue weighted by molar-refractivity contribution is 5.85. The molecule has 1 heterocycles. The summed E-state index contributed by atoms with van der Waals surface area (Å²) in [4.78, 5) is 11.8. The number of carbonyl (C=O) groups excluding carboxylic acids is 1. The Bertz CT molecular complexity index is 589. The summed E-state index contributed by atoms with van der Waals surface area (Å²) >= 11 is 0. The fraction of sp³-hybridized carbons (Fsp3) is 0.375. The second kappa shape index (κ2) is 6.43. The molecule has 0 saturated heterocycles. The number of amides is 1. The van der Waals surface area contributed by atoms with E-state index in [0.29, 0.717) is 11.6 Å². The van der Waals surface area contributed by atoms with E-state index in [2.05, 4.69) is 31.2 Å². The van der Waals surface area contributed by atoms with Gasteiger partial charge in [-0.15, -0.1) is 0 Å². The normalized spacial score (nSPS) is 11.2. The summed E-state index contributed by atoms with van der Waals surface area (Å²) < 4.78 is 10.5. The maximum atomic E-state index is 11.8. The molecule has 1 amide bonds. The first-order chi connectivity index (χ1) is 10.1. The molecule has 5 heteroatoms. The summed E-state index contributed by atoms with van der Waals surface area (Å²) in [5, 5.41) is 6.44. The minimum Gasteiger partial charge on any atom is -0.410 e. The molecule has 112 valence electrons. The van der Waals surface area contributed by atoms with E-state index in [9.17, 15) is 4.79 Å². The van der Waals surface area contributed by atoms with Gasteiger partial charge in [0.15, 0.2) is 5.82 Å². The Balaban J connectivity index is 2.01. The monoisotopic (exact) mass is 288 g/mol. The van der Waals surface area contributed by atoms with Crippen molar-refractivity contribution in [2.24, 2.45) is 0 Å². The van der Waals surface area contributed by atoms with Gasteiger partial charge in [0.25, 0.3) is 0 Å². The zero-order valence-corrected chi connectivity index (χ0v) is 12.6. The Hall–Kier alpha value is -2.30. The third-order valence-electron chi connectivity index (χ3n) is 3.85. The lowest BCUT2D eigenvalue weighted by Crippen LogP contribution is -2.19. The number of hydrogen-bond donors (Lipinski definition) is 1. The van der Waals surface area contributed by atoms with Crippen LogP contribution in [0.25, 0.3) is 0 Å². The molecule has 0 aliphatic heterocycles. The minimum absolute atomic E-state index is 0.0731. The Morgan fingerprint density at radius 1 is 1.29 bits per heavy atom. The zero-order valence-electron chi connectivity index (χ0n) is 12.6. The van der Waals surface area contributed by atoms with Gasteiger partial charge in [-0.2, -0.15) is 0 Å². The summed E-state index contributed by atoms with van der Waals surface area (Å²) in [6.45, 7) is 6.31. The molecule has 0 fully saturated rings. The van der Waals surface area contributed by atoms with Gasteiger partial charge in [0.05, 0.1) is 0 Å². The van der Waals surface area contributed by atoms with Gasteiger partial charge >= 0.3 is 6.09 Å². The summed E-state index contributed by atoms with van der Waals surface area (Å²) in [5.41, 5.74) is -0.0731. The Morgan fingerprint density at radius 2 is 1.95 bits per heavy atom. The molecule has 0 aliphatic carbocycles. The number of nitrogens with zero attached hydrogens (tertiary/aromatic N) is 1. The molecule has 0 saturated carbocycles. The highest BCUT2D eigenvalue weighted by Gasteiger charge is 2.27. The molecule has 2 aromatic rings. The number of anilines is 1. The van der Waals surface area contributed by atoms with Gasteiger partial charge in [-0.05, 0) is 25.0 Å². The summed E-state index contributed by atoms with van der Waals surface area (Å²) in [5.74, 6) is 1.60. The van der Waals surface area contributed by atoms with Gasteiger partial charge in [-0.1, -0.05) is 44.1 Å². The van der Waals surface area contributed by atoms with E-state index >= 15 is 0 Å². The van der Waals surface area contributed by atoms with Crippen molar-refractivity contribution in [2.45, 2.75) is 39.0 Å². The van der Waals surface area contributed by atoms with Crippen molar-refractivity contribution in [3.8, 4) is 5.75 Å². The lowest BCUT2D eigenvalue weighted by atomic mass is 9.82. The highest BCUT2D eigenvalue weighted by Crippen LogP contribution is 2.32. The van der Waals surface area contributed by atoms with Gasteiger partial charge < -0.3 is 9.26 Å². The van der Waals surface area contributed by atoms with Crippen molar-refractivity contribution in [3.05, 3.63) is 42.2 Å². The number of para-hydroxylation sites is 1. The summed E-state index contributed by atoms with van der Waals surface area (Å²) in [6, 6.07) is 10.6. The van der Waals surface area contributed by atoms with Crippen molar-refractivity contribution in [1.82, 2.24) is 5.16 Å². The third kappa shape index (κ3) is 3.62. The number of ether oxygens (including phenoxy) is 1. The van der Waals surface area contributed by atoms with Gasteiger partial charge in [0.2, 0.25) is 0 Å². The molecular weight excluding hydrogens is 268 g/mol. The van der Waals surface area contributed by atoms with Crippen LogP contribution in [0, 0.1) is 0 Å². The van der Waals surface area contributed by atoms with E-state index in [1.54, 1.807) is 30.3 Å². The minimum atomic E-state index is -0.587. The van der Waals surface area contributed by atoms with Crippen LogP contribution in [0.5, 0.6) is 5.75 Å². The number of nitrogens with one attached hydrogen (secondary N) is 1. The van der Waals surface area contributed by atoms with E-state index in [0.717, 1.165) is 18.6 Å². The molecular formula is C16H20N2O3. The maximum Gasteiger partial charge on any atom is 0.418 e. The van der Waals surface area contributed by atoms with Crippen LogP contribution in [0.4, 0.5) is 10.6 Å². The summed E-state index contributed by atoms with van der Waals surface area (Å²) in [6.07, 6.45) is 1.29. The van der Waals surface area contributed by atoms with Gasteiger partial charge in [-0.3, -0.25) is 5.32 Å². The van der Waals surface area contributed by atoms with Crippen molar-refractivity contribution >= 4 is 11.9 Å². The molecule has 0 radical (unpaired) electrons. The van der Waals surface area contributed by atoms with Crippen molar-refractivity contribution in [1.29, 1.82) is 0 Å². The number of benzene rings is 1. The van der Waals surface area contributed by atoms with E-state index in [-0.39, 0.29) is 5.41 Å². The number of carbonyl (C=O) groups is 1. The summed E-state index contributed by atoms with van der Waals surface area (Å²) in [7, 11) is 0. The SMILES string of the molecule is CCC(C)(CC)c1cc(NC(=O)Oc2ccccc2)no1. The number of aromatic nitrogens is 1. The molecule has 1 N–H and O–H groups in total. The molecule has 2 rings (SSSR count). The van der Waals surface area contributed by atoms with Crippen LogP contribution in [0.1, 0.15) is 39.4 Å². The first kappa shape index (κ1) is 15.1. The van der Waals surface area contributed by atoms with E-state index in [1.807, 2.05) is 6.07 Å². The molecule has 0 aliphatic rings. The van der Waals surface area contributed by atoms with Crippen LogP contribution >= 0.6 is 0 Å². The van der Waals surface area contributed by atoms with Crippen LogP contribution in [-0.4, -0.2) is 11.2 Å². The second-order valence-electron chi connectivity index (χ2n) is 5.17. The van der Waals surface area contributed by atoms with Crippen LogP contribution in [0.2, 0.25) is 0 Å². The van der Waals surface area contributed by atoms with E-state index in [1.165, 1.54) is 0 Å². The first-order valence-corrected chi connectivity index (χ1v) is 7.08. The Morgan fingerprint density at radius 3 is 2.57 bits per heavy atom. The molecule has 0 atom stereocenters. The smallest absolute Gasteiger partial charge is 0.410 e. The molecule has 5 nitrogen and oxygen atoms in total. The van der Waals surface area contributed by atoms with Crippen molar-refractivity contribution in [3.63, 3.8) is 0 Å². The van der Waals surface area contributed by atoms with Gasteiger partial charge in [0, 0.05) is 11.5 Å². The van der Waals surface area contributed by atoms with Crippen molar-refractivity contribution < 1.29 is 14.1 Å². The molecule has 0 spiro atoms. The van der Waals surface area contributed by atoms with Gasteiger partial charge in [0.1, 0.15) is 11.5 Å². The largest absolute Gasteiger partial charge is 0.418 e. The van der Waals surface area contributed by atoms with E-state index < -0.39 is 6.09 Å². The maximum absolute atomic E-state index is 11.8. The van der Waals surface area contributed by atoms with Crippen LogP contribution in [0.15, 0.2) is 40.9 Å². The fourth-order valence-corrected chi connectivity index (χ4v) is 1.94. The predicted octanol–water partition coefficient (Wildman–Crippen LogP) is 4.36. The van der Waals surface area contributed by atoms with E-state index in [4.69, 9.17) is 9.26 Å². The first-order valence-electron chi connectivity index (χ1n) is 7.08. The molecule has 0 unspecified atom stereocenters. The van der Waals surface area contributed by atoms with Crippen LogP contribution in [0.3, 0.4) is 0 Å². The number of hydrogen-bond acceptors (Lipinski definition) is 4. The third-order valence-corrected chi connectivity index (χ3v) is 3.85. The molecule has 1 aromatic carbocycles. The second-order valence-corrected chi connectivity index (χ2v) is 5.17. The highest BCUT2D eigenvalue weighted by atomic mass is 16.6. The lowest BCUT2D eigenvalue weighted by molar-refractivity contribution is 0.215. The lowest BCUT2D eigenvalue weighted by Gasteiger charge is -2.22. The Labute approximate surface area is 124 Å². The topological polar surface area (TPSA) is 64.4 Å². The standard InChI is InChI=1S/C16H20N2O3/c1-4-16(3,5-2)13-11-14(18-21-13)17-15(19)20-12-9-7-6-8-10-12/h6-11H,4-5H2,1-3H3,(H,17,18,19). The Kier molecular flexibility index (Phi) is 4.62. The number of rotatable bonds is 5. The van der Waals surface area contributed by atoms with Crippen LogP contribution in [-0.2, 0) is 5.41 Å². The average molecular weight is 288 g/mol.